The number of para-hydroxylation sites is 2. The Hall–Kier alpha value is -2.61. The number of aliphatic imine (C=N–C) groups is 1. The summed E-state index contributed by atoms with van der Waals surface area (Å²) in [6.07, 6.45) is 5.48. The minimum absolute atomic E-state index is 0.775. The van der Waals surface area contributed by atoms with E-state index < -0.39 is 0 Å². The van der Waals surface area contributed by atoms with Crippen LogP contribution in [0.4, 0.5) is 11.4 Å². The van der Waals surface area contributed by atoms with E-state index in [1.54, 1.807) is 6.08 Å². The number of nitrogens with zero attached hydrogens (tertiary/aromatic N) is 1. The van der Waals surface area contributed by atoms with Crippen LogP contribution in [0.3, 0.4) is 0 Å². The van der Waals surface area contributed by atoms with Gasteiger partial charge in [0.25, 0.3) is 0 Å². The molecule has 0 saturated carbocycles. The van der Waals surface area contributed by atoms with Crippen molar-refractivity contribution in [3.8, 4) is 0 Å². The monoisotopic (exact) mass is 248 g/mol. The molecule has 0 aromatic heterocycles. The van der Waals surface area contributed by atoms with Crippen LogP contribution < -0.4 is 5.32 Å². The van der Waals surface area contributed by atoms with Crippen molar-refractivity contribution in [2.45, 2.75) is 0 Å². The molecule has 2 heteroatoms. The standard InChI is InChI=1S/C17H16N2/c1-2-3-14-17(18-15-10-6-4-7-11-15)19-16-12-8-5-9-13-16/h2-14H,1H2,(H,18,19). The third-order valence-corrected chi connectivity index (χ3v) is 2.44. The fourth-order valence-electron chi connectivity index (χ4n) is 1.58. The number of benzene rings is 2. The molecule has 0 spiro atoms. The van der Waals surface area contributed by atoms with Gasteiger partial charge < -0.3 is 5.32 Å². The molecular formula is C17H16N2. The molecule has 2 rings (SSSR count). The van der Waals surface area contributed by atoms with Gasteiger partial charge in [0.05, 0.1) is 5.69 Å². The average molecular weight is 248 g/mol. The van der Waals surface area contributed by atoms with Crippen molar-refractivity contribution in [2.75, 3.05) is 5.32 Å². The predicted molar refractivity (Wildman–Crippen MR) is 82.9 cm³/mol. The highest BCUT2D eigenvalue weighted by Gasteiger charge is 1.96. The van der Waals surface area contributed by atoms with Gasteiger partial charge in [-0.2, -0.15) is 0 Å². The topological polar surface area (TPSA) is 24.4 Å². The molecule has 0 aliphatic heterocycles. The Labute approximate surface area is 113 Å². The number of hydrogen-bond donors (Lipinski definition) is 1. The number of nitrogens with one attached hydrogen (secondary N) is 1. The van der Waals surface area contributed by atoms with Crippen LogP contribution in [-0.4, -0.2) is 5.84 Å². The van der Waals surface area contributed by atoms with Gasteiger partial charge in [0.15, 0.2) is 0 Å². The molecule has 0 saturated heterocycles. The zero-order valence-corrected chi connectivity index (χ0v) is 10.7. The molecule has 0 aliphatic rings. The Morgan fingerprint density at radius 2 is 1.58 bits per heavy atom. The van der Waals surface area contributed by atoms with Crippen LogP contribution in [0.2, 0.25) is 0 Å². The first-order valence-corrected chi connectivity index (χ1v) is 6.13. The predicted octanol–water partition coefficient (Wildman–Crippen LogP) is 4.57. The summed E-state index contributed by atoms with van der Waals surface area (Å²) in [6.45, 7) is 3.68. The van der Waals surface area contributed by atoms with E-state index in [1.807, 2.05) is 72.8 Å². The summed E-state index contributed by atoms with van der Waals surface area (Å²) in [4.78, 5) is 4.56. The van der Waals surface area contributed by atoms with Crippen molar-refractivity contribution in [3.05, 3.63) is 85.5 Å². The summed E-state index contributed by atoms with van der Waals surface area (Å²) in [7, 11) is 0. The number of anilines is 1. The third kappa shape index (κ3) is 4.28. The van der Waals surface area contributed by atoms with Crippen molar-refractivity contribution < 1.29 is 0 Å². The van der Waals surface area contributed by atoms with Crippen LogP contribution in [0.15, 0.2) is 90.5 Å². The molecule has 0 fully saturated rings. The first kappa shape index (κ1) is 12.8. The summed E-state index contributed by atoms with van der Waals surface area (Å²) in [5, 5.41) is 3.28. The van der Waals surface area contributed by atoms with Gasteiger partial charge in [0, 0.05) is 5.69 Å². The zero-order valence-electron chi connectivity index (χ0n) is 10.7. The molecule has 0 amide bonds. The molecule has 2 aromatic carbocycles. The SMILES string of the molecule is C=CC=CC(=Nc1ccccc1)Nc1ccccc1. The Bertz CT molecular complexity index is 569. The second-order valence-electron chi connectivity index (χ2n) is 3.92. The van der Waals surface area contributed by atoms with Crippen LogP contribution in [-0.2, 0) is 0 Å². The highest BCUT2D eigenvalue weighted by atomic mass is 15.0. The van der Waals surface area contributed by atoms with Gasteiger partial charge in [-0.15, -0.1) is 0 Å². The number of allylic oxidation sites excluding steroid dienone is 2. The van der Waals surface area contributed by atoms with E-state index in [0.29, 0.717) is 0 Å². The van der Waals surface area contributed by atoms with Gasteiger partial charge in [-0.1, -0.05) is 55.1 Å². The second kappa shape index (κ2) is 6.97. The van der Waals surface area contributed by atoms with Crippen molar-refractivity contribution in [3.63, 3.8) is 0 Å². The van der Waals surface area contributed by atoms with Crippen LogP contribution in [0.5, 0.6) is 0 Å². The summed E-state index contributed by atoms with van der Waals surface area (Å²) in [5.74, 6) is 0.775. The van der Waals surface area contributed by atoms with Crippen LogP contribution in [0.1, 0.15) is 0 Å². The molecule has 0 aliphatic carbocycles. The van der Waals surface area contributed by atoms with E-state index in [0.717, 1.165) is 17.2 Å². The van der Waals surface area contributed by atoms with Crippen molar-refractivity contribution >= 4 is 17.2 Å². The van der Waals surface area contributed by atoms with Gasteiger partial charge in [-0.25, -0.2) is 4.99 Å². The first-order valence-electron chi connectivity index (χ1n) is 6.13. The molecule has 0 bridgehead atoms. The highest BCUT2D eigenvalue weighted by Crippen LogP contribution is 2.12. The summed E-state index contributed by atoms with van der Waals surface area (Å²) < 4.78 is 0. The smallest absolute Gasteiger partial charge is 0.130 e. The van der Waals surface area contributed by atoms with Gasteiger partial charge >= 0.3 is 0 Å². The van der Waals surface area contributed by atoms with Gasteiger partial charge in [0.2, 0.25) is 0 Å². The Morgan fingerprint density at radius 3 is 2.21 bits per heavy atom. The lowest BCUT2D eigenvalue weighted by Gasteiger charge is -2.06. The van der Waals surface area contributed by atoms with Crippen LogP contribution >= 0.6 is 0 Å². The zero-order chi connectivity index (χ0) is 13.3. The highest BCUT2D eigenvalue weighted by molar-refractivity contribution is 6.05. The van der Waals surface area contributed by atoms with Crippen molar-refractivity contribution in [2.24, 2.45) is 4.99 Å². The molecule has 2 aromatic rings. The fraction of sp³-hybridized carbons (Fsp3) is 0. The van der Waals surface area contributed by atoms with E-state index >= 15 is 0 Å². The molecule has 0 heterocycles. The molecule has 0 radical (unpaired) electrons. The number of rotatable bonds is 4. The van der Waals surface area contributed by atoms with Gasteiger partial charge in [0.1, 0.15) is 5.84 Å². The fourth-order valence-corrected chi connectivity index (χ4v) is 1.58. The molecule has 0 unspecified atom stereocenters. The quantitative estimate of drug-likeness (QED) is 0.478. The van der Waals surface area contributed by atoms with Gasteiger partial charge in [-0.3, -0.25) is 0 Å². The number of hydrogen-bond acceptors (Lipinski definition) is 1. The van der Waals surface area contributed by atoms with E-state index in [-0.39, 0.29) is 0 Å². The Balaban J connectivity index is 2.24. The largest absolute Gasteiger partial charge is 0.340 e. The molecule has 0 atom stereocenters. The summed E-state index contributed by atoms with van der Waals surface area (Å²) in [6, 6.07) is 19.8. The first-order chi connectivity index (χ1) is 9.38. The maximum atomic E-state index is 4.56. The Kier molecular flexibility index (Phi) is 4.71. The van der Waals surface area contributed by atoms with Crippen molar-refractivity contribution in [1.29, 1.82) is 0 Å². The minimum atomic E-state index is 0.775. The lowest BCUT2D eigenvalue weighted by atomic mass is 10.3. The van der Waals surface area contributed by atoms with E-state index in [4.69, 9.17) is 0 Å². The van der Waals surface area contributed by atoms with E-state index in [9.17, 15) is 0 Å². The number of amidine groups is 1. The lowest BCUT2D eigenvalue weighted by molar-refractivity contribution is 1.49. The molecule has 19 heavy (non-hydrogen) atoms. The maximum absolute atomic E-state index is 4.56. The van der Waals surface area contributed by atoms with Crippen LogP contribution in [0.25, 0.3) is 0 Å². The van der Waals surface area contributed by atoms with Crippen molar-refractivity contribution in [1.82, 2.24) is 0 Å². The summed E-state index contributed by atoms with van der Waals surface area (Å²) in [5.41, 5.74) is 1.92. The maximum Gasteiger partial charge on any atom is 0.130 e. The van der Waals surface area contributed by atoms with E-state index in [1.165, 1.54) is 0 Å². The minimum Gasteiger partial charge on any atom is -0.340 e. The van der Waals surface area contributed by atoms with Gasteiger partial charge in [-0.05, 0) is 30.3 Å². The normalized spacial score (nSPS) is 11.5. The Morgan fingerprint density at radius 1 is 0.947 bits per heavy atom. The lowest BCUT2D eigenvalue weighted by Crippen LogP contribution is -2.08. The molecule has 2 nitrogen and oxygen atoms in total. The molecular weight excluding hydrogens is 232 g/mol. The summed E-state index contributed by atoms with van der Waals surface area (Å²) >= 11 is 0. The molecule has 94 valence electrons. The average Bonchev–Trinajstić information content (AvgIpc) is 2.47. The molecule has 1 N–H and O–H groups in total. The van der Waals surface area contributed by atoms with Crippen LogP contribution in [0, 0.1) is 0 Å². The third-order valence-electron chi connectivity index (χ3n) is 2.44. The van der Waals surface area contributed by atoms with E-state index in [2.05, 4.69) is 16.9 Å². The second-order valence-corrected chi connectivity index (χ2v) is 3.92.